The van der Waals surface area contributed by atoms with Gasteiger partial charge in [0.2, 0.25) is 0 Å². The van der Waals surface area contributed by atoms with Crippen LogP contribution < -0.4 is 4.90 Å². The van der Waals surface area contributed by atoms with Crippen molar-refractivity contribution in [1.82, 2.24) is 0 Å². The maximum atomic E-state index is 6.31. The zero-order valence-corrected chi connectivity index (χ0v) is 31.9. The van der Waals surface area contributed by atoms with Gasteiger partial charge in [0, 0.05) is 27.4 Å². The number of anilines is 3. The van der Waals surface area contributed by atoms with Crippen molar-refractivity contribution in [2.75, 3.05) is 4.90 Å². The van der Waals surface area contributed by atoms with Crippen molar-refractivity contribution < 1.29 is 4.42 Å². The maximum Gasteiger partial charge on any atom is 0.135 e. The van der Waals surface area contributed by atoms with Crippen molar-refractivity contribution in [3.8, 4) is 22.3 Å². The van der Waals surface area contributed by atoms with Crippen molar-refractivity contribution in [3.63, 3.8) is 0 Å². The highest BCUT2D eigenvalue weighted by atomic mass is 16.3. The minimum absolute atomic E-state index is 0.0103. The SMILES string of the molecule is CC(C)(C)c1cc(-c2cccc3cccc(-c4ccccc4N(c4ccc5oc6ccccc6c5c4)c4cccc5ccccc45)c23)cc(C(C)(C)C)c1. The summed E-state index contributed by atoms with van der Waals surface area (Å²) in [6.07, 6.45) is 0. The average Bonchev–Trinajstić information content (AvgIpc) is 3.55. The Morgan fingerprint density at radius 1 is 0.407 bits per heavy atom. The van der Waals surface area contributed by atoms with E-state index in [4.69, 9.17) is 4.42 Å². The van der Waals surface area contributed by atoms with Gasteiger partial charge in [-0.05, 0) is 91.2 Å². The number of hydrogen-bond acceptors (Lipinski definition) is 2. The number of benzene rings is 8. The zero-order valence-electron chi connectivity index (χ0n) is 31.9. The summed E-state index contributed by atoms with van der Waals surface area (Å²) in [5.41, 5.74) is 12.7. The van der Waals surface area contributed by atoms with Crippen LogP contribution in [0.15, 0.2) is 168 Å². The van der Waals surface area contributed by atoms with Gasteiger partial charge >= 0.3 is 0 Å². The van der Waals surface area contributed by atoms with Crippen LogP contribution in [0.2, 0.25) is 0 Å². The van der Waals surface area contributed by atoms with E-state index < -0.39 is 0 Å². The summed E-state index contributed by atoms with van der Waals surface area (Å²) >= 11 is 0. The Hall–Kier alpha value is -6.12. The van der Waals surface area contributed by atoms with E-state index in [1.807, 2.05) is 12.1 Å². The fourth-order valence-electron chi connectivity index (χ4n) is 8.02. The molecule has 2 nitrogen and oxygen atoms in total. The molecule has 0 aliphatic heterocycles. The summed E-state index contributed by atoms with van der Waals surface area (Å²) in [4.78, 5) is 2.44. The Balaban J connectivity index is 1.33. The lowest BCUT2D eigenvalue weighted by molar-refractivity contribution is 0.569. The van der Waals surface area contributed by atoms with E-state index in [1.54, 1.807) is 0 Å². The second-order valence-electron chi connectivity index (χ2n) is 16.6. The van der Waals surface area contributed by atoms with Gasteiger partial charge in [-0.25, -0.2) is 0 Å². The second-order valence-corrected chi connectivity index (χ2v) is 16.6. The normalized spacial score (nSPS) is 12.3. The number of fused-ring (bicyclic) bond motifs is 5. The smallest absolute Gasteiger partial charge is 0.135 e. The van der Waals surface area contributed by atoms with Gasteiger partial charge in [-0.1, -0.05) is 169 Å². The van der Waals surface area contributed by atoms with Crippen LogP contribution in [-0.4, -0.2) is 0 Å². The molecule has 0 N–H and O–H groups in total. The van der Waals surface area contributed by atoms with Crippen LogP contribution >= 0.6 is 0 Å². The molecule has 1 aromatic heterocycles. The summed E-state index contributed by atoms with van der Waals surface area (Å²) in [6, 6.07) is 59.9. The van der Waals surface area contributed by atoms with Crippen LogP contribution in [0.5, 0.6) is 0 Å². The number of rotatable bonds is 5. The third-order valence-corrected chi connectivity index (χ3v) is 10.9. The molecule has 9 aromatic rings. The summed E-state index contributed by atoms with van der Waals surface area (Å²) in [7, 11) is 0. The quantitative estimate of drug-likeness (QED) is 0.178. The van der Waals surface area contributed by atoms with Crippen molar-refractivity contribution >= 4 is 60.5 Å². The lowest BCUT2D eigenvalue weighted by atomic mass is 9.78. The van der Waals surface area contributed by atoms with Gasteiger partial charge in [-0.15, -0.1) is 0 Å². The van der Waals surface area contributed by atoms with Crippen molar-refractivity contribution in [2.24, 2.45) is 0 Å². The molecule has 0 aliphatic rings. The number of furan rings is 1. The highest BCUT2D eigenvalue weighted by molar-refractivity contribution is 6.11. The zero-order chi connectivity index (χ0) is 37.2. The lowest BCUT2D eigenvalue weighted by Gasteiger charge is -2.29. The third kappa shape index (κ3) is 5.83. The van der Waals surface area contributed by atoms with Gasteiger partial charge in [0.05, 0.1) is 11.4 Å². The van der Waals surface area contributed by atoms with Crippen LogP contribution in [0.25, 0.3) is 65.7 Å². The maximum absolute atomic E-state index is 6.31. The lowest BCUT2D eigenvalue weighted by Crippen LogP contribution is -2.16. The minimum atomic E-state index is 0.0103. The number of nitrogens with zero attached hydrogens (tertiary/aromatic N) is 1. The number of hydrogen-bond donors (Lipinski definition) is 0. The Bertz CT molecular complexity index is 2820. The van der Waals surface area contributed by atoms with E-state index in [2.05, 4.69) is 198 Å². The minimum Gasteiger partial charge on any atom is -0.456 e. The summed E-state index contributed by atoms with van der Waals surface area (Å²) in [5.74, 6) is 0. The molecule has 1 heterocycles. The molecule has 8 aromatic carbocycles. The number of para-hydroxylation sites is 2. The Morgan fingerprint density at radius 2 is 0.963 bits per heavy atom. The molecule has 0 saturated carbocycles. The predicted octanol–water partition coefficient (Wildman–Crippen LogP) is 15.3. The molecule has 54 heavy (non-hydrogen) atoms. The summed E-state index contributed by atoms with van der Waals surface area (Å²) in [5, 5.41) is 7.10. The van der Waals surface area contributed by atoms with Crippen LogP contribution in [-0.2, 0) is 10.8 Å². The predicted molar refractivity (Wildman–Crippen MR) is 232 cm³/mol. The fraction of sp³-hybridized carbons (Fsp3) is 0.154. The van der Waals surface area contributed by atoms with Gasteiger partial charge in [0.15, 0.2) is 0 Å². The Labute approximate surface area is 318 Å². The van der Waals surface area contributed by atoms with Crippen LogP contribution in [0.4, 0.5) is 17.1 Å². The molecular weight excluding hydrogens is 655 g/mol. The van der Waals surface area contributed by atoms with E-state index in [1.165, 1.54) is 54.9 Å². The fourth-order valence-corrected chi connectivity index (χ4v) is 8.02. The molecule has 0 unspecified atom stereocenters. The molecule has 0 fully saturated rings. The van der Waals surface area contributed by atoms with E-state index in [9.17, 15) is 0 Å². The molecule has 0 spiro atoms. The van der Waals surface area contributed by atoms with Crippen LogP contribution in [0.1, 0.15) is 52.7 Å². The Morgan fingerprint density at radius 3 is 1.72 bits per heavy atom. The highest BCUT2D eigenvalue weighted by Crippen LogP contribution is 2.47. The molecule has 0 bridgehead atoms. The van der Waals surface area contributed by atoms with E-state index in [0.717, 1.165) is 39.0 Å². The van der Waals surface area contributed by atoms with Gasteiger partial charge < -0.3 is 9.32 Å². The molecule has 0 radical (unpaired) electrons. The molecule has 2 heteroatoms. The first-order valence-electron chi connectivity index (χ1n) is 19.0. The first kappa shape index (κ1) is 33.7. The molecule has 0 aliphatic carbocycles. The standard InChI is InChI=1S/C52H45NO/c1-51(2,3)37-30-36(31-38(32-37)52(4,5)6)41-23-13-18-35-19-14-24-44(50(35)41)42-21-9-11-25-47(42)53(46-26-15-17-34-16-7-8-20-40(34)46)39-28-29-49-45(33-39)43-22-10-12-27-48(43)54-49/h7-33H,1-6H3. The van der Waals surface area contributed by atoms with Gasteiger partial charge in [-0.3, -0.25) is 0 Å². The molecular formula is C52H45NO. The van der Waals surface area contributed by atoms with Crippen LogP contribution in [0, 0.1) is 0 Å². The van der Waals surface area contributed by atoms with Gasteiger partial charge in [0.1, 0.15) is 11.2 Å². The van der Waals surface area contributed by atoms with Crippen molar-refractivity contribution in [3.05, 3.63) is 175 Å². The topological polar surface area (TPSA) is 16.4 Å². The molecule has 0 atom stereocenters. The largest absolute Gasteiger partial charge is 0.456 e. The average molecular weight is 700 g/mol. The van der Waals surface area contributed by atoms with E-state index >= 15 is 0 Å². The van der Waals surface area contributed by atoms with Crippen LogP contribution in [0.3, 0.4) is 0 Å². The molecule has 0 amide bonds. The van der Waals surface area contributed by atoms with E-state index in [-0.39, 0.29) is 10.8 Å². The van der Waals surface area contributed by atoms with E-state index in [0.29, 0.717) is 0 Å². The van der Waals surface area contributed by atoms with Gasteiger partial charge in [0.25, 0.3) is 0 Å². The summed E-state index contributed by atoms with van der Waals surface area (Å²) in [6.45, 7) is 13.9. The van der Waals surface area contributed by atoms with Crippen molar-refractivity contribution in [1.29, 1.82) is 0 Å². The Kier molecular flexibility index (Phi) is 7.97. The van der Waals surface area contributed by atoms with Crippen molar-refractivity contribution in [2.45, 2.75) is 52.4 Å². The first-order valence-corrected chi connectivity index (χ1v) is 19.0. The third-order valence-electron chi connectivity index (χ3n) is 10.9. The summed E-state index contributed by atoms with van der Waals surface area (Å²) < 4.78 is 6.31. The molecule has 264 valence electrons. The monoisotopic (exact) mass is 699 g/mol. The molecule has 0 saturated heterocycles. The second kappa shape index (κ2) is 12.8. The van der Waals surface area contributed by atoms with Gasteiger partial charge in [-0.2, -0.15) is 0 Å². The first-order chi connectivity index (χ1) is 26.0. The molecule has 9 rings (SSSR count). The highest BCUT2D eigenvalue weighted by Gasteiger charge is 2.24.